The molecule has 3 aromatic rings. The smallest absolute Gasteiger partial charge is 0.328 e. The monoisotopic (exact) mass is 352 g/mol. The molecule has 8 nitrogen and oxygen atoms in total. The van der Waals surface area contributed by atoms with Gasteiger partial charge in [0.1, 0.15) is 5.65 Å². The number of aromatic nitrogens is 5. The molecule has 0 bridgehead atoms. The number of likely N-dealkylation sites (tertiary alicyclic amines) is 1. The first-order chi connectivity index (χ1) is 12.6. The first-order valence-electron chi connectivity index (χ1n) is 8.98. The predicted octanol–water partition coefficient (Wildman–Crippen LogP) is 1.37. The van der Waals surface area contributed by atoms with Gasteiger partial charge in [0.15, 0.2) is 5.82 Å². The zero-order valence-corrected chi connectivity index (χ0v) is 14.5. The highest BCUT2D eigenvalue weighted by Gasteiger charge is 2.47. The third-order valence-corrected chi connectivity index (χ3v) is 5.76. The van der Waals surface area contributed by atoms with E-state index in [0.29, 0.717) is 29.8 Å². The topological polar surface area (TPSA) is 88.3 Å². The molecule has 2 atom stereocenters. The van der Waals surface area contributed by atoms with Gasteiger partial charge in [-0.3, -0.25) is 9.36 Å². The molecular formula is C18H20N6O2. The summed E-state index contributed by atoms with van der Waals surface area (Å²) in [5, 5.41) is 6.76. The van der Waals surface area contributed by atoms with Gasteiger partial charge in [-0.2, -0.15) is 5.10 Å². The molecule has 134 valence electrons. The Morgan fingerprint density at radius 1 is 1.27 bits per heavy atom. The highest BCUT2D eigenvalue weighted by Crippen LogP contribution is 2.50. The number of nitrogens with one attached hydrogen (secondary N) is 1. The summed E-state index contributed by atoms with van der Waals surface area (Å²) in [7, 11) is 1.71. The Morgan fingerprint density at radius 2 is 2.12 bits per heavy atom. The van der Waals surface area contributed by atoms with Crippen molar-refractivity contribution in [1.29, 1.82) is 0 Å². The van der Waals surface area contributed by atoms with Crippen LogP contribution >= 0.6 is 0 Å². The van der Waals surface area contributed by atoms with E-state index in [-0.39, 0.29) is 17.6 Å². The Morgan fingerprint density at radius 3 is 2.85 bits per heavy atom. The van der Waals surface area contributed by atoms with Crippen molar-refractivity contribution < 1.29 is 4.79 Å². The van der Waals surface area contributed by atoms with Gasteiger partial charge in [0.2, 0.25) is 0 Å². The Labute approximate surface area is 149 Å². The first-order valence-corrected chi connectivity index (χ1v) is 8.98. The number of aromatic amines is 1. The van der Waals surface area contributed by atoms with Gasteiger partial charge in [-0.15, -0.1) is 0 Å². The number of carbonyl (C=O) groups excluding carboxylic acids is 1. The van der Waals surface area contributed by atoms with Crippen molar-refractivity contribution in [3.63, 3.8) is 0 Å². The second-order valence-corrected chi connectivity index (χ2v) is 7.29. The van der Waals surface area contributed by atoms with Gasteiger partial charge < -0.3 is 9.30 Å². The number of rotatable bonds is 3. The standard InChI is InChI=1S/C18H20N6O2/c1-22-16(20-21-18(22)26)15-13(11-2-3-11)5-8-24(15)17(25)12-4-7-23-9-6-19-14(23)10-12/h4,6-7,9-11,13,15H,2-3,5,8H2,1H3,(H,21,26). The lowest BCUT2D eigenvalue weighted by Gasteiger charge is -2.27. The molecule has 1 aliphatic carbocycles. The van der Waals surface area contributed by atoms with Crippen molar-refractivity contribution in [1.82, 2.24) is 29.0 Å². The van der Waals surface area contributed by atoms with E-state index in [1.54, 1.807) is 13.2 Å². The lowest BCUT2D eigenvalue weighted by atomic mass is 9.94. The molecule has 2 aliphatic rings. The largest absolute Gasteiger partial charge is 0.343 e. The average Bonchev–Trinajstić information content (AvgIpc) is 3.09. The predicted molar refractivity (Wildman–Crippen MR) is 93.6 cm³/mol. The molecule has 5 rings (SSSR count). The number of hydrogen-bond acceptors (Lipinski definition) is 4. The molecular weight excluding hydrogens is 332 g/mol. The minimum atomic E-state index is -0.243. The van der Waals surface area contributed by atoms with E-state index in [0.717, 1.165) is 12.1 Å². The van der Waals surface area contributed by atoms with Gasteiger partial charge in [-0.05, 0) is 43.2 Å². The van der Waals surface area contributed by atoms with Crippen LogP contribution in [0.5, 0.6) is 0 Å². The molecule has 0 spiro atoms. The second kappa shape index (κ2) is 5.55. The van der Waals surface area contributed by atoms with Gasteiger partial charge in [0.25, 0.3) is 5.91 Å². The van der Waals surface area contributed by atoms with Crippen molar-refractivity contribution in [2.75, 3.05) is 6.54 Å². The van der Waals surface area contributed by atoms with Crippen molar-refractivity contribution in [2.45, 2.75) is 25.3 Å². The third kappa shape index (κ3) is 2.28. The number of fused-ring (bicyclic) bond motifs is 1. The summed E-state index contributed by atoms with van der Waals surface area (Å²) in [6, 6.07) is 3.48. The highest BCUT2D eigenvalue weighted by molar-refractivity contribution is 5.95. The van der Waals surface area contributed by atoms with Crippen molar-refractivity contribution in [3.8, 4) is 0 Å². The fraction of sp³-hybridized carbons (Fsp3) is 0.444. The maximum atomic E-state index is 13.3. The number of amides is 1. The van der Waals surface area contributed by atoms with Gasteiger partial charge >= 0.3 is 5.69 Å². The summed E-state index contributed by atoms with van der Waals surface area (Å²) < 4.78 is 3.41. The van der Waals surface area contributed by atoms with Crippen LogP contribution in [-0.2, 0) is 7.05 Å². The second-order valence-electron chi connectivity index (χ2n) is 7.29. The molecule has 2 unspecified atom stereocenters. The summed E-state index contributed by atoms with van der Waals surface area (Å²) in [5.74, 6) is 1.61. The summed E-state index contributed by atoms with van der Waals surface area (Å²) >= 11 is 0. The van der Waals surface area contributed by atoms with Crippen LogP contribution in [0.1, 0.15) is 41.5 Å². The van der Waals surface area contributed by atoms with Crippen LogP contribution in [0.15, 0.2) is 35.5 Å². The molecule has 1 aliphatic heterocycles. The number of pyridine rings is 1. The lowest BCUT2D eigenvalue weighted by molar-refractivity contribution is 0.0701. The summed E-state index contributed by atoms with van der Waals surface area (Å²) in [5.41, 5.74) is 1.12. The van der Waals surface area contributed by atoms with E-state index in [9.17, 15) is 9.59 Å². The molecule has 0 radical (unpaired) electrons. The van der Waals surface area contributed by atoms with Crippen LogP contribution in [0.4, 0.5) is 0 Å². The molecule has 8 heteroatoms. The highest BCUT2D eigenvalue weighted by atomic mass is 16.2. The van der Waals surface area contributed by atoms with Crippen LogP contribution in [0.25, 0.3) is 5.65 Å². The summed E-state index contributed by atoms with van der Waals surface area (Å²) in [6.07, 6.45) is 8.76. The van der Waals surface area contributed by atoms with E-state index < -0.39 is 0 Å². The molecule has 1 amide bonds. The van der Waals surface area contributed by atoms with Gasteiger partial charge in [-0.1, -0.05) is 0 Å². The third-order valence-electron chi connectivity index (χ3n) is 5.76. The summed E-state index contributed by atoms with van der Waals surface area (Å²) in [6.45, 7) is 0.686. The maximum Gasteiger partial charge on any atom is 0.343 e. The van der Waals surface area contributed by atoms with Gasteiger partial charge in [0.05, 0.1) is 6.04 Å². The first kappa shape index (κ1) is 15.4. The number of H-pyrrole nitrogens is 1. The molecule has 1 N–H and O–H groups in total. The molecule has 3 aromatic heterocycles. The van der Waals surface area contributed by atoms with Crippen LogP contribution in [0, 0.1) is 11.8 Å². The minimum absolute atomic E-state index is 0.0286. The zero-order chi connectivity index (χ0) is 17.8. The van der Waals surface area contributed by atoms with Gasteiger partial charge in [0, 0.05) is 37.7 Å². The molecule has 26 heavy (non-hydrogen) atoms. The fourth-order valence-corrected chi connectivity index (χ4v) is 4.23. The van der Waals surface area contributed by atoms with Gasteiger partial charge in [-0.25, -0.2) is 14.9 Å². The molecule has 2 fully saturated rings. The van der Waals surface area contributed by atoms with Crippen molar-refractivity contribution >= 4 is 11.6 Å². The van der Waals surface area contributed by atoms with E-state index in [2.05, 4.69) is 15.2 Å². The van der Waals surface area contributed by atoms with E-state index in [1.165, 1.54) is 17.4 Å². The Bertz CT molecular complexity index is 1040. The molecule has 1 saturated carbocycles. The fourth-order valence-electron chi connectivity index (χ4n) is 4.23. The SMILES string of the molecule is Cn1c(C2C(C3CC3)CCN2C(=O)c2ccn3ccnc3c2)n[nH]c1=O. The lowest BCUT2D eigenvalue weighted by Crippen LogP contribution is -2.34. The minimum Gasteiger partial charge on any atom is -0.328 e. The van der Waals surface area contributed by atoms with Crippen LogP contribution in [-0.4, -0.2) is 41.5 Å². The van der Waals surface area contributed by atoms with E-state index in [1.807, 2.05) is 33.8 Å². The Kier molecular flexibility index (Phi) is 3.28. The maximum absolute atomic E-state index is 13.3. The normalized spacial score (nSPS) is 23.0. The Hall–Kier alpha value is -2.90. The Balaban J connectivity index is 1.54. The number of imidazole rings is 1. The van der Waals surface area contributed by atoms with E-state index in [4.69, 9.17) is 0 Å². The van der Waals surface area contributed by atoms with E-state index >= 15 is 0 Å². The van der Waals surface area contributed by atoms with Crippen molar-refractivity contribution in [2.24, 2.45) is 18.9 Å². The summed E-state index contributed by atoms with van der Waals surface area (Å²) in [4.78, 5) is 31.3. The quantitative estimate of drug-likeness (QED) is 0.771. The molecule has 1 saturated heterocycles. The van der Waals surface area contributed by atoms with Crippen LogP contribution < -0.4 is 5.69 Å². The average molecular weight is 352 g/mol. The van der Waals surface area contributed by atoms with Crippen molar-refractivity contribution in [3.05, 3.63) is 52.6 Å². The number of carbonyl (C=O) groups is 1. The van der Waals surface area contributed by atoms with Crippen LogP contribution in [0.2, 0.25) is 0 Å². The number of nitrogens with zero attached hydrogens (tertiary/aromatic N) is 5. The molecule has 0 aromatic carbocycles. The van der Waals surface area contributed by atoms with Crippen LogP contribution in [0.3, 0.4) is 0 Å². The zero-order valence-electron chi connectivity index (χ0n) is 14.5. The molecule has 4 heterocycles. The number of hydrogen-bond donors (Lipinski definition) is 1.